The van der Waals surface area contributed by atoms with Crippen molar-refractivity contribution >= 4 is 27.3 Å². The van der Waals surface area contributed by atoms with Crippen LogP contribution in [0.25, 0.3) is 0 Å². The summed E-state index contributed by atoms with van der Waals surface area (Å²) in [6.07, 6.45) is 0. The molecule has 0 aliphatic carbocycles. The molecule has 102 valence electrons. The van der Waals surface area contributed by atoms with E-state index in [9.17, 15) is 13.2 Å². The average molecular weight is 292 g/mol. The van der Waals surface area contributed by atoms with Gasteiger partial charge in [-0.2, -0.15) is 0 Å². The molecule has 0 spiro atoms. The fraction of sp³-hybridized carbons (Fsp3) is 0.500. The van der Waals surface area contributed by atoms with Crippen LogP contribution in [0.5, 0.6) is 0 Å². The lowest BCUT2D eigenvalue weighted by atomic mass is 10.2. The molecule has 8 heteroatoms. The number of ether oxygens (including phenoxy) is 1. The maximum atomic E-state index is 11.7. The molecule has 0 aliphatic rings. The van der Waals surface area contributed by atoms with Gasteiger partial charge in [0.25, 0.3) is 5.91 Å². The molecular formula is C10H16N2O4S2. The van der Waals surface area contributed by atoms with E-state index < -0.39 is 10.0 Å². The molecule has 1 aromatic rings. The number of methoxy groups -OCH3 is 1. The fourth-order valence-electron chi connectivity index (χ4n) is 1.30. The van der Waals surface area contributed by atoms with Gasteiger partial charge in [-0.3, -0.25) is 4.79 Å². The Morgan fingerprint density at radius 1 is 1.61 bits per heavy atom. The van der Waals surface area contributed by atoms with E-state index in [1.54, 1.807) is 7.11 Å². The van der Waals surface area contributed by atoms with Gasteiger partial charge in [-0.25, -0.2) is 13.6 Å². The first kappa shape index (κ1) is 15.1. The second kappa shape index (κ2) is 6.28. The summed E-state index contributed by atoms with van der Waals surface area (Å²) in [5, 5.41) is 9.14. The summed E-state index contributed by atoms with van der Waals surface area (Å²) in [5.74, 6) is -0.126. The molecule has 1 aromatic heterocycles. The molecule has 0 fully saturated rings. The zero-order chi connectivity index (χ0) is 13.8. The maximum absolute atomic E-state index is 11.7. The molecule has 1 rings (SSSR count). The Balaban J connectivity index is 2.60. The first-order valence-electron chi connectivity index (χ1n) is 5.23. The van der Waals surface area contributed by atoms with E-state index in [0.717, 1.165) is 11.3 Å². The lowest BCUT2D eigenvalue weighted by molar-refractivity contribution is 0.0934. The molecule has 0 aromatic carbocycles. The Morgan fingerprint density at radius 2 is 2.28 bits per heavy atom. The molecule has 0 radical (unpaired) electrons. The largest absolute Gasteiger partial charge is 0.384 e. The SMILES string of the molecule is COCC(C)CNC(=O)c1csc(S(N)(=O)=O)c1. The minimum atomic E-state index is -3.74. The third-order valence-electron chi connectivity index (χ3n) is 2.18. The first-order chi connectivity index (χ1) is 8.34. The quantitative estimate of drug-likeness (QED) is 0.793. The van der Waals surface area contributed by atoms with Crippen LogP contribution in [0.3, 0.4) is 0 Å². The highest BCUT2D eigenvalue weighted by molar-refractivity contribution is 7.91. The van der Waals surface area contributed by atoms with Crippen LogP contribution >= 0.6 is 11.3 Å². The van der Waals surface area contributed by atoms with Crippen molar-refractivity contribution in [2.45, 2.75) is 11.1 Å². The molecule has 1 atom stereocenters. The van der Waals surface area contributed by atoms with Gasteiger partial charge in [0.15, 0.2) is 0 Å². The smallest absolute Gasteiger partial charge is 0.252 e. The molecule has 6 nitrogen and oxygen atoms in total. The Bertz CT molecular complexity index is 510. The van der Waals surface area contributed by atoms with Gasteiger partial charge in [0, 0.05) is 19.0 Å². The van der Waals surface area contributed by atoms with Crippen molar-refractivity contribution in [1.29, 1.82) is 0 Å². The van der Waals surface area contributed by atoms with Gasteiger partial charge in [-0.1, -0.05) is 6.92 Å². The summed E-state index contributed by atoms with van der Waals surface area (Å²) in [7, 11) is -2.14. The number of hydrogen-bond donors (Lipinski definition) is 2. The van der Waals surface area contributed by atoms with Crippen molar-refractivity contribution < 1.29 is 17.9 Å². The zero-order valence-electron chi connectivity index (χ0n) is 10.2. The molecule has 0 bridgehead atoms. The van der Waals surface area contributed by atoms with E-state index in [0.29, 0.717) is 18.7 Å². The lowest BCUT2D eigenvalue weighted by Gasteiger charge is -2.10. The monoisotopic (exact) mass is 292 g/mol. The summed E-state index contributed by atoms with van der Waals surface area (Å²) >= 11 is 0.931. The van der Waals surface area contributed by atoms with Gasteiger partial charge in [0.2, 0.25) is 10.0 Å². The number of carbonyl (C=O) groups is 1. The van der Waals surface area contributed by atoms with Crippen LogP contribution < -0.4 is 10.5 Å². The molecule has 1 heterocycles. The van der Waals surface area contributed by atoms with Crippen molar-refractivity contribution in [2.24, 2.45) is 11.1 Å². The highest BCUT2D eigenvalue weighted by atomic mass is 32.2. The zero-order valence-corrected chi connectivity index (χ0v) is 11.8. The number of thiophene rings is 1. The third-order valence-corrected chi connectivity index (χ3v) is 4.57. The second-order valence-corrected chi connectivity index (χ2v) is 6.67. The highest BCUT2D eigenvalue weighted by Gasteiger charge is 2.15. The van der Waals surface area contributed by atoms with Crippen LogP contribution in [-0.2, 0) is 14.8 Å². The lowest BCUT2D eigenvalue weighted by Crippen LogP contribution is -2.29. The molecule has 0 saturated heterocycles. The van der Waals surface area contributed by atoms with E-state index in [1.165, 1.54) is 11.4 Å². The van der Waals surface area contributed by atoms with Crippen LogP contribution in [-0.4, -0.2) is 34.6 Å². The summed E-state index contributed by atoms with van der Waals surface area (Å²) in [6.45, 7) is 2.95. The second-order valence-electron chi connectivity index (χ2n) is 3.97. The number of amides is 1. The summed E-state index contributed by atoms with van der Waals surface area (Å²) in [6, 6.07) is 1.27. The van der Waals surface area contributed by atoms with E-state index in [-0.39, 0.29) is 16.0 Å². The number of nitrogens with two attached hydrogens (primary N) is 1. The van der Waals surface area contributed by atoms with E-state index >= 15 is 0 Å². The van der Waals surface area contributed by atoms with Crippen LogP contribution in [0.1, 0.15) is 17.3 Å². The van der Waals surface area contributed by atoms with Crippen molar-refractivity contribution in [2.75, 3.05) is 20.3 Å². The Hall–Kier alpha value is -0.960. The molecule has 1 amide bonds. The fourth-order valence-corrected chi connectivity index (χ4v) is 2.88. The topological polar surface area (TPSA) is 98.5 Å². The molecule has 18 heavy (non-hydrogen) atoms. The highest BCUT2D eigenvalue weighted by Crippen LogP contribution is 2.18. The van der Waals surface area contributed by atoms with Crippen molar-refractivity contribution in [3.05, 3.63) is 17.0 Å². The molecule has 1 unspecified atom stereocenters. The van der Waals surface area contributed by atoms with Crippen molar-refractivity contribution in [3.63, 3.8) is 0 Å². The number of sulfonamides is 1. The first-order valence-corrected chi connectivity index (χ1v) is 7.65. The Morgan fingerprint density at radius 3 is 2.78 bits per heavy atom. The van der Waals surface area contributed by atoms with Crippen molar-refractivity contribution in [3.8, 4) is 0 Å². The Labute approximate surface area is 110 Å². The normalized spacial score (nSPS) is 13.3. The molecule has 0 aliphatic heterocycles. The standard InChI is InChI=1S/C10H16N2O4S2/c1-7(5-16-2)4-12-10(13)8-3-9(17-6-8)18(11,14)15/h3,6-7H,4-5H2,1-2H3,(H,12,13)(H2,11,14,15). The minimum Gasteiger partial charge on any atom is -0.384 e. The van der Waals surface area contributed by atoms with E-state index in [4.69, 9.17) is 9.88 Å². The van der Waals surface area contributed by atoms with Crippen LogP contribution in [0.2, 0.25) is 0 Å². The van der Waals surface area contributed by atoms with Gasteiger partial charge in [0.1, 0.15) is 4.21 Å². The minimum absolute atomic E-state index is 0.0161. The molecular weight excluding hydrogens is 276 g/mol. The Kier molecular flexibility index (Phi) is 5.27. The van der Waals surface area contributed by atoms with E-state index in [1.807, 2.05) is 6.92 Å². The third kappa shape index (κ3) is 4.37. The van der Waals surface area contributed by atoms with Crippen LogP contribution in [0.4, 0.5) is 0 Å². The maximum Gasteiger partial charge on any atom is 0.252 e. The number of hydrogen-bond acceptors (Lipinski definition) is 5. The molecule has 0 saturated carbocycles. The van der Waals surface area contributed by atoms with Crippen LogP contribution in [0.15, 0.2) is 15.7 Å². The summed E-state index contributed by atoms with van der Waals surface area (Å²) in [4.78, 5) is 11.7. The molecule has 3 N–H and O–H groups in total. The summed E-state index contributed by atoms with van der Waals surface area (Å²) in [5.41, 5.74) is 0.300. The predicted molar refractivity (Wildman–Crippen MR) is 69.1 cm³/mol. The van der Waals surface area contributed by atoms with E-state index in [2.05, 4.69) is 5.32 Å². The number of rotatable bonds is 6. The van der Waals surface area contributed by atoms with Gasteiger partial charge < -0.3 is 10.1 Å². The van der Waals surface area contributed by atoms with Gasteiger partial charge in [-0.05, 0) is 12.0 Å². The van der Waals surface area contributed by atoms with Gasteiger partial charge in [-0.15, -0.1) is 11.3 Å². The predicted octanol–water partition coefficient (Wildman–Crippen LogP) is 0.408. The average Bonchev–Trinajstić information content (AvgIpc) is 2.75. The number of nitrogens with one attached hydrogen (secondary N) is 1. The van der Waals surface area contributed by atoms with Gasteiger partial charge in [0.05, 0.1) is 12.2 Å². The summed E-state index contributed by atoms with van der Waals surface area (Å²) < 4.78 is 27.0. The number of primary sulfonamides is 1. The van der Waals surface area contributed by atoms with Crippen molar-refractivity contribution in [1.82, 2.24) is 5.32 Å². The van der Waals surface area contributed by atoms with Crippen LogP contribution in [0, 0.1) is 5.92 Å². The number of carbonyl (C=O) groups excluding carboxylic acids is 1. The van der Waals surface area contributed by atoms with Gasteiger partial charge >= 0.3 is 0 Å².